The second kappa shape index (κ2) is 3.78. The number of anilines is 3. The highest BCUT2D eigenvalue weighted by Gasteiger charge is 2.03. The summed E-state index contributed by atoms with van der Waals surface area (Å²) in [6.07, 6.45) is 0. The number of nitrogens with one attached hydrogen (secondary N) is 1. The summed E-state index contributed by atoms with van der Waals surface area (Å²) in [4.78, 5) is 0. The Kier molecular flexibility index (Phi) is 2.47. The number of nitrogen functional groups attached to an aromatic ring is 1. The van der Waals surface area contributed by atoms with Gasteiger partial charge < -0.3 is 15.5 Å². The predicted molar refractivity (Wildman–Crippen MR) is 58.2 cm³/mol. The lowest BCUT2D eigenvalue weighted by Crippen LogP contribution is -1.90. The molecular weight excluding hydrogens is 216 g/mol. The van der Waals surface area contributed by atoms with Crippen molar-refractivity contribution < 1.29 is 4.42 Å². The monoisotopic (exact) mass is 224 g/mol. The molecule has 0 atom stereocenters. The zero-order valence-corrected chi connectivity index (χ0v) is 8.75. The van der Waals surface area contributed by atoms with Crippen molar-refractivity contribution in [3.8, 4) is 0 Å². The first-order chi connectivity index (χ1) is 7.15. The van der Waals surface area contributed by atoms with E-state index in [1.54, 1.807) is 6.07 Å². The van der Waals surface area contributed by atoms with Gasteiger partial charge in [-0.3, -0.25) is 0 Å². The average molecular weight is 225 g/mol. The van der Waals surface area contributed by atoms with Crippen molar-refractivity contribution in [2.75, 3.05) is 11.1 Å². The first-order valence-electron chi connectivity index (χ1n) is 4.27. The van der Waals surface area contributed by atoms with Gasteiger partial charge in [-0.1, -0.05) is 27.9 Å². The maximum atomic E-state index is 5.95. The molecule has 0 saturated carbocycles. The summed E-state index contributed by atoms with van der Waals surface area (Å²) in [5.41, 5.74) is 7.06. The number of halogens is 1. The lowest BCUT2D eigenvalue weighted by atomic mass is 10.2. The maximum absolute atomic E-state index is 5.95. The fourth-order valence-corrected chi connectivity index (χ4v) is 1.26. The second-order valence-corrected chi connectivity index (χ2v) is 3.44. The zero-order chi connectivity index (χ0) is 10.8. The lowest BCUT2D eigenvalue weighted by molar-refractivity contribution is 0.593. The van der Waals surface area contributed by atoms with Crippen LogP contribution in [0.15, 0.2) is 22.6 Å². The Morgan fingerprint density at radius 3 is 2.80 bits per heavy atom. The summed E-state index contributed by atoms with van der Waals surface area (Å²) < 4.78 is 4.96. The van der Waals surface area contributed by atoms with E-state index < -0.39 is 0 Å². The molecule has 1 aromatic heterocycles. The van der Waals surface area contributed by atoms with Crippen LogP contribution >= 0.6 is 11.6 Å². The smallest absolute Gasteiger partial charge is 0.321 e. The van der Waals surface area contributed by atoms with E-state index in [9.17, 15) is 0 Å². The summed E-state index contributed by atoms with van der Waals surface area (Å²) in [5, 5.41) is 10.7. The van der Waals surface area contributed by atoms with Crippen LogP contribution in [0.3, 0.4) is 0 Å². The molecule has 15 heavy (non-hydrogen) atoms. The topological polar surface area (TPSA) is 77.0 Å². The van der Waals surface area contributed by atoms with Crippen LogP contribution in [0.25, 0.3) is 0 Å². The van der Waals surface area contributed by atoms with Crippen molar-refractivity contribution in [1.82, 2.24) is 10.2 Å². The van der Waals surface area contributed by atoms with Crippen molar-refractivity contribution >= 4 is 29.3 Å². The first kappa shape index (κ1) is 9.79. The fraction of sp³-hybridized carbons (Fsp3) is 0.111. The second-order valence-electron chi connectivity index (χ2n) is 3.03. The summed E-state index contributed by atoms with van der Waals surface area (Å²) in [5.74, 6) is 0. The highest BCUT2D eigenvalue weighted by Crippen LogP contribution is 2.22. The molecule has 0 aliphatic rings. The molecule has 0 fully saturated rings. The molecule has 1 heterocycles. The van der Waals surface area contributed by atoms with Gasteiger partial charge in [0.1, 0.15) is 0 Å². The van der Waals surface area contributed by atoms with E-state index in [2.05, 4.69) is 15.5 Å². The molecule has 0 saturated heterocycles. The maximum Gasteiger partial charge on any atom is 0.321 e. The Balaban J connectivity index is 2.21. The van der Waals surface area contributed by atoms with Gasteiger partial charge in [0.2, 0.25) is 0 Å². The third-order valence-electron chi connectivity index (χ3n) is 1.86. The minimum absolute atomic E-state index is 0.0238. The summed E-state index contributed by atoms with van der Waals surface area (Å²) >= 11 is 5.95. The van der Waals surface area contributed by atoms with Crippen LogP contribution in [0.5, 0.6) is 0 Å². The molecule has 0 unspecified atom stereocenters. The molecule has 0 spiro atoms. The van der Waals surface area contributed by atoms with Crippen LogP contribution in [0.1, 0.15) is 5.56 Å². The van der Waals surface area contributed by atoms with Crippen LogP contribution < -0.4 is 11.1 Å². The van der Waals surface area contributed by atoms with E-state index >= 15 is 0 Å². The lowest BCUT2D eigenvalue weighted by Gasteiger charge is -2.03. The van der Waals surface area contributed by atoms with Gasteiger partial charge in [-0.2, -0.15) is 0 Å². The van der Waals surface area contributed by atoms with E-state index in [0.717, 1.165) is 11.3 Å². The van der Waals surface area contributed by atoms with Gasteiger partial charge in [0.05, 0.1) is 0 Å². The fourth-order valence-electron chi connectivity index (χ4n) is 1.08. The molecule has 0 bridgehead atoms. The highest BCUT2D eigenvalue weighted by atomic mass is 35.5. The molecule has 0 aliphatic heterocycles. The molecular formula is C9H9ClN4O. The van der Waals surface area contributed by atoms with E-state index in [-0.39, 0.29) is 12.0 Å². The Morgan fingerprint density at radius 1 is 1.40 bits per heavy atom. The molecule has 0 radical (unpaired) electrons. The number of aromatic nitrogens is 2. The van der Waals surface area contributed by atoms with Crippen LogP contribution in [-0.2, 0) is 0 Å². The highest BCUT2D eigenvalue weighted by molar-refractivity contribution is 6.31. The number of benzene rings is 1. The Bertz CT molecular complexity index is 483. The van der Waals surface area contributed by atoms with Crippen LogP contribution in [0.4, 0.5) is 17.7 Å². The quantitative estimate of drug-likeness (QED) is 0.819. The minimum atomic E-state index is 0.0238. The number of nitrogens with zero attached hydrogens (tertiary/aromatic N) is 2. The molecule has 0 amide bonds. The third kappa shape index (κ3) is 2.19. The molecule has 2 aromatic rings. The van der Waals surface area contributed by atoms with Crippen LogP contribution in [0.2, 0.25) is 5.02 Å². The number of aryl methyl sites for hydroxylation is 1. The van der Waals surface area contributed by atoms with Crippen molar-refractivity contribution in [1.29, 1.82) is 0 Å². The predicted octanol–water partition coefficient (Wildman–Crippen LogP) is 2.36. The largest absolute Gasteiger partial charge is 0.389 e. The van der Waals surface area contributed by atoms with E-state index in [4.69, 9.17) is 21.8 Å². The van der Waals surface area contributed by atoms with Crippen LogP contribution in [-0.4, -0.2) is 10.2 Å². The van der Waals surface area contributed by atoms with Gasteiger partial charge in [0.15, 0.2) is 0 Å². The van der Waals surface area contributed by atoms with Gasteiger partial charge in [0.25, 0.3) is 0 Å². The summed E-state index contributed by atoms with van der Waals surface area (Å²) in [6, 6.07) is 5.80. The molecule has 1 aromatic carbocycles. The summed E-state index contributed by atoms with van der Waals surface area (Å²) in [7, 11) is 0. The normalized spacial score (nSPS) is 10.3. The Labute approximate surface area is 91.2 Å². The van der Waals surface area contributed by atoms with Crippen molar-refractivity contribution in [2.45, 2.75) is 6.92 Å². The molecule has 78 valence electrons. The zero-order valence-electron chi connectivity index (χ0n) is 7.99. The molecule has 5 nitrogen and oxygen atoms in total. The number of hydrogen-bond donors (Lipinski definition) is 2. The van der Waals surface area contributed by atoms with E-state index in [1.165, 1.54) is 0 Å². The average Bonchev–Trinajstić information content (AvgIpc) is 2.58. The molecule has 3 N–H and O–H groups in total. The molecule has 0 aliphatic carbocycles. The standard InChI is InChI=1S/C9H9ClN4O/c1-5-2-3-6(4-7(5)10)12-9-14-13-8(11)15-9/h2-4H,1H3,(H2,11,13)(H,12,14). The van der Waals surface area contributed by atoms with Crippen LogP contribution in [0, 0.1) is 6.92 Å². The first-order valence-corrected chi connectivity index (χ1v) is 4.65. The van der Waals surface area contributed by atoms with Gasteiger partial charge in [0, 0.05) is 10.7 Å². The van der Waals surface area contributed by atoms with Crippen molar-refractivity contribution in [3.05, 3.63) is 28.8 Å². The van der Waals surface area contributed by atoms with E-state index in [1.807, 2.05) is 19.1 Å². The van der Waals surface area contributed by atoms with Gasteiger partial charge in [-0.05, 0) is 24.6 Å². The van der Waals surface area contributed by atoms with Gasteiger partial charge in [-0.15, -0.1) is 0 Å². The Hall–Kier alpha value is -1.75. The van der Waals surface area contributed by atoms with Crippen molar-refractivity contribution in [2.24, 2.45) is 0 Å². The minimum Gasteiger partial charge on any atom is -0.389 e. The number of nitrogens with two attached hydrogens (primary N) is 1. The number of hydrogen-bond acceptors (Lipinski definition) is 5. The van der Waals surface area contributed by atoms with E-state index in [0.29, 0.717) is 5.02 Å². The van der Waals surface area contributed by atoms with Crippen molar-refractivity contribution in [3.63, 3.8) is 0 Å². The number of rotatable bonds is 2. The molecule has 2 rings (SSSR count). The third-order valence-corrected chi connectivity index (χ3v) is 2.27. The Morgan fingerprint density at radius 2 is 2.20 bits per heavy atom. The van der Waals surface area contributed by atoms with Gasteiger partial charge >= 0.3 is 12.0 Å². The summed E-state index contributed by atoms with van der Waals surface area (Å²) in [6.45, 7) is 1.93. The van der Waals surface area contributed by atoms with Gasteiger partial charge in [-0.25, -0.2) is 0 Å². The SMILES string of the molecule is Cc1ccc(Nc2nnc(N)o2)cc1Cl. The molecule has 6 heteroatoms.